The minimum absolute atomic E-state index is 0.217. The van der Waals surface area contributed by atoms with Crippen molar-refractivity contribution in [3.05, 3.63) is 35.4 Å². The third-order valence-corrected chi connectivity index (χ3v) is 3.09. The minimum Gasteiger partial charge on any atom is -0.395 e. The zero-order valence-electron chi connectivity index (χ0n) is 8.89. The summed E-state index contributed by atoms with van der Waals surface area (Å²) in [5, 5.41) is 9.33. The van der Waals surface area contributed by atoms with Gasteiger partial charge in [0.15, 0.2) is 0 Å². The van der Waals surface area contributed by atoms with E-state index in [1.165, 1.54) is 11.1 Å². The van der Waals surface area contributed by atoms with E-state index in [9.17, 15) is 5.11 Å². The highest BCUT2D eigenvalue weighted by atomic mass is 16.3. The fourth-order valence-electron chi connectivity index (χ4n) is 2.25. The second-order valence-electron chi connectivity index (χ2n) is 4.07. The first-order valence-corrected chi connectivity index (χ1v) is 5.47. The number of rotatable bonds is 3. The van der Waals surface area contributed by atoms with Crippen LogP contribution in [0.2, 0.25) is 0 Å². The fourth-order valence-corrected chi connectivity index (χ4v) is 2.25. The smallest absolute Gasteiger partial charge is 0.0590 e. The highest BCUT2D eigenvalue weighted by Crippen LogP contribution is 2.22. The number of aliphatic hydroxyl groups is 1. The summed E-state index contributed by atoms with van der Waals surface area (Å²) in [4.78, 5) is 2.27. The van der Waals surface area contributed by atoms with Crippen molar-refractivity contribution in [2.24, 2.45) is 5.73 Å². The molecule has 0 amide bonds. The maximum atomic E-state index is 9.33. The van der Waals surface area contributed by atoms with E-state index in [1.54, 1.807) is 0 Å². The Balaban J connectivity index is 2.19. The quantitative estimate of drug-likeness (QED) is 0.751. The van der Waals surface area contributed by atoms with Gasteiger partial charge in [-0.15, -0.1) is 0 Å². The molecule has 3 N–H and O–H groups in total. The lowest BCUT2D eigenvalue weighted by atomic mass is 9.94. The van der Waals surface area contributed by atoms with Crippen molar-refractivity contribution in [1.82, 2.24) is 4.90 Å². The Morgan fingerprint density at radius 1 is 1.33 bits per heavy atom. The van der Waals surface area contributed by atoms with Crippen LogP contribution < -0.4 is 5.73 Å². The van der Waals surface area contributed by atoms with E-state index in [-0.39, 0.29) is 12.6 Å². The van der Waals surface area contributed by atoms with Crippen molar-refractivity contribution in [3.8, 4) is 0 Å². The Morgan fingerprint density at radius 3 is 2.73 bits per heavy atom. The second kappa shape index (κ2) is 4.75. The van der Waals surface area contributed by atoms with E-state index in [0.29, 0.717) is 6.54 Å². The normalized spacial score (nSPS) is 21.3. The van der Waals surface area contributed by atoms with Crippen LogP contribution >= 0.6 is 0 Å². The van der Waals surface area contributed by atoms with Crippen molar-refractivity contribution >= 4 is 0 Å². The monoisotopic (exact) mass is 206 g/mol. The average molecular weight is 206 g/mol. The van der Waals surface area contributed by atoms with Crippen LogP contribution in [-0.4, -0.2) is 35.7 Å². The molecule has 0 fully saturated rings. The predicted molar refractivity (Wildman–Crippen MR) is 60.5 cm³/mol. The van der Waals surface area contributed by atoms with Gasteiger partial charge in [-0.3, -0.25) is 4.90 Å². The van der Waals surface area contributed by atoms with E-state index in [4.69, 9.17) is 5.73 Å². The SMILES string of the molecule is NCCN1Cc2ccccc2C[C@H]1CO. The molecule has 3 nitrogen and oxygen atoms in total. The van der Waals surface area contributed by atoms with Gasteiger partial charge in [0.1, 0.15) is 0 Å². The Hall–Kier alpha value is -0.900. The number of nitrogens with zero attached hydrogens (tertiary/aromatic N) is 1. The van der Waals surface area contributed by atoms with Crippen LogP contribution in [0.1, 0.15) is 11.1 Å². The van der Waals surface area contributed by atoms with Crippen LogP contribution in [0.3, 0.4) is 0 Å². The summed E-state index contributed by atoms with van der Waals surface area (Å²) in [6.45, 7) is 2.64. The molecule has 1 aromatic carbocycles. The van der Waals surface area contributed by atoms with Crippen LogP contribution in [-0.2, 0) is 13.0 Å². The van der Waals surface area contributed by atoms with Gasteiger partial charge in [0.25, 0.3) is 0 Å². The van der Waals surface area contributed by atoms with Crippen LogP contribution in [0, 0.1) is 0 Å². The van der Waals surface area contributed by atoms with E-state index in [1.807, 2.05) is 0 Å². The lowest BCUT2D eigenvalue weighted by molar-refractivity contribution is 0.109. The van der Waals surface area contributed by atoms with E-state index < -0.39 is 0 Å². The number of hydrogen-bond acceptors (Lipinski definition) is 3. The molecule has 0 radical (unpaired) electrons. The highest BCUT2D eigenvalue weighted by Gasteiger charge is 2.24. The molecule has 0 saturated carbocycles. The van der Waals surface area contributed by atoms with Gasteiger partial charge in [-0.2, -0.15) is 0 Å². The van der Waals surface area contributed by atoms with Gasteiger partial charge in [0.2, 0.25) is 0 Å². The molecule has 0 bridgehead atoms. The molecular formula is C12H18N2O. The molecule has 2 rings (SSSR count). The van der Waals surface area contributed by atoms with E-state index >= 15 is 0 Å². The first-order chi connectivity index (χ1) is 7.35. The molecule has 15 heavy (non-hydrogen) atoms. The maximum Gasteiger partial charge on any atom is 0.0590 e. The molecule has 1 aliphatic heterocycles. The minimum atomic E-state index is 0.217. The van der Waals surface area contributed by atoms with Crippen molar-refractivity contribution < 1.29 is 5.11 Å². The molecule has 0 spiro atoms. The summed E-state index contributed by atoms with van der Waals surface area (Å²) in [6.07, 6.45) is 0.937. The largest absolute Gasteiger partial charge is 0.395 e. The molecule has 1 aromatic rings. The van der Waals surface area contributed by atoms with Gasteiger partial charge in [-0.25, -0.2) is 0 Å². The number of aliphatic hydroxyl groups excluding tert-OH is 1. The first-order valence-electron chi connectivity index (χ1n) is 5.47. The summed E-state index contributed by atoms with van der Waals surface area (Å²) < 4.78 is 0. The van der Waals surface area contributed by atoms with E-state index in [2.05, 4.69) is 29.2 Å². The Labute approximate surface area is 90.5 Å². The molecule has 1 aliphatic rings. The van der Waals surface area contributed by atoms with Gasteiger partial charge in [0.05, 0.1) is 6.61 Å². The van der Waals surface area contributed by atoms with Gasteiger partial charge in [-0.1, -0.05) is 24.3 Å². The molecule has 82 valence electrons. The predicted octanol–water partition coefficient (Wildman–Crippen LogP) is 0.364. The van der Waals surface area contributed by atoms with E-state index in [0.717, 1.165) is 19.5 Å². The molecular weight excluding hydrogens is 188 g/mol. The number of nitrogens with two attached hydrogens (primary N) is 1. The van der Waals surface area contributed by atoms with Crippen molar-refractivity contribution in [1.29, 1.82) is 0 Å². The number of hydrogen-bond donors (Lipinski definition) is 2. The van der Waals surface area contributed by atoms with Crippen LogP contribution in [0.25, 0.3) is 0 Å². The van der Waals surface area contributed by atoms with Crippen molar-refractivity contribution in [3.63, 3.8) is 0 Å². The third-order valence-electron chi connectivity index (χ3n) is 3.09. The molecule has 3 heteroatoms. The van der Waals surface area contributed by atoms with Crippen LogP contribution in [0.15, 0.2) is 24.3 Å². The lowest BCUT2D eigenvalue weighted by Crippen LogP contribution is -2.44. The Bertz CT molecular complexity index is 327. The van der Waals surface area contributed by atoms with Crippen molar-refractivity contribution in [2.75, 3.05) is 19.7 Å². The topological polar surface area (TPSA) is 49.5 Å². The second-order valence-corrected chi connectivity index (χ2v) is 4.07. The highest BCUT2D eigenvalue weighted by molar-refractivity contribution is 5.30. The van der Waals surface area contributed by atoms with Crippen LogP contribution in [0.5, 0.6) is 0 Å². The zero-order valence-corrected chi connectivity index (χ0v) is 8.89. The summed E-state index contributed by atoms with van der Waals surface area (Å²) in [5.74, 6) is 0. The van der Waals surface area contributed by atoms with Gasteiger partial charge < -0.3 is 10.8 Å². The molecule has 0 unspecified atom stereocenters. The van der Waals surface area contributed by atoms with Crippen molar-refractivity contribution in [2.45, 2.75) is 19.0 Å². The molecule has 0 aliphatic carbocycles. The summed E-state index contributed by atoms with van der Waals surface area (Å²) in [6, 6.07) is 8.68. The fraction of sp³-hybridized carbons (Fsp3) is 0.500. The summed E-state index contributed by atoms with van der Waals surface area (Å²) in [7, 11) is 0. The third kappa shape index (κ3) is 2.20. The Kier molecular flexibility index (Phi) is 3.36. The standard InChI is InChI=1S/C12H18N2O/c13-5-6-14-8-11-4-2-1-3-10(11)7-12(14)9-15/h1-4,12,15H,5-9,13H2/t12-/m0/s1. The summed E-state index contributed by atoms with van der Waals surface area (Å²) in [5.41, 5.74) is 8.31. The van der Waals surface area contributed by atoms with Gasteiger partial charge >= 0.3 is 0 Å². The Morgan fingerprint density at radius 2 is 2.07 bits per heavy atom. The lowest BCUT2D eigenvalue weighted by Gasteiger charge is -2.35. The van der Waals surface area contributed by atoms with Gasteiger partial charge in [-0.05, 0) is 17.5 Å². The molecule has 0 saturated heterocycles. The first kappa shape index (κ1) is 10.6. The summed E-state index contributed by atoms with van der Waals surface area (Å²) >= 11 is 0. The molecule has 0 aromatic heterocycles. The molecule has 1 heterocycles. The van der Waals surface area contributed by atoms with Crippen LogP contribution in [0.4, 0.5) is 0 Å². The maximum absolute atomic E-state index is 9.33. The van der Waals surface area contributed by atoms with Gasteiger partial charge in [0, 0.05) is 25.7 Å². The number of fused-ring (bicyclic) bond motifs is 1. The molecule has 1 atom stereocenters. The zero-order chi connectivity index (χ0) is 10.7. The number of benzene rings is 1. The average Bonchev–Trinajstić information content (AvgIpc) is 2.28.